The van der Waals surface area contributed by atoms with Crippen LogP contribution in [0.3, 0.4) is 0 Å². The third-order valence-corrected chi connectivity index (χ3v) is 2.71. The first-order valence-electron chi connectivity index (χ1n) is 8.07. The van der Waals surface area contributed by atoms with Crippen LogP contribution in [0.15, 0.2) is 36.7 Å². The molecule has 0 aliphatic rings. The number of nitrogens with two attached hydrogens (primary N) is 1. The number of aromatic nitrogens is 2. The van der Waals surface area contributed by atoms with E-state index in [2.05, 4.69) is 42.6 Å². The molecule has 0 radical (unpaired) electrons. The molecule has 0 fully saturated rings. The highest BCUT2D eigenvalue weighted by atomic mass is 16.1. The number of nitrogens with one attached hydrogen (secondary N) is 1. The minimum atomic E-state index is 0.699. The van der Waals surface area contributed by atoms with Gasteiger partial charge in [0.2, 0.25) is 0 Å². The van der Waals surface area contributed by atoms with E-state index in [0.717, 1.165) is 30.5 Å². The summed E-state index contributed by atoms with van der Waals surface area (Å²) >= 11 is 0. The molecule has 0 bridgehead atoms. The predicted molar refractivity (Wildman–Crippen MR) is 98.6 cm³/mol. The molecule has 1 heterocycles. The molecule has 1 aromatic carbocycles. The van der Waals surface area contributed by atoms with E-state index < -0.39 is 0 Å². The SMILES string of the molecule is CC=O.CCC.CNc1cccc(-c2cnn(CCCN)c2)c1. The van der Waals surface area contributed by atoms with Gasteiger partial charge in [0.15, 0.2) is 0 Å². The van der Waals surface area contributed by atoms with Gasteiger partial charge < -0.3 is 15.8 Å². The van der Waals surface area contributed by atoms with E-state index in [-0.39, 0.29) is 0 Å². The van der Waals surface area contributed by atoms with Gasteiger partial charge in [0.05, 0.1) is 6.20 Å². The molecule has 0 atom stereocenters. The molecule has 0 aliphatic heterocycles. The molecule has 0 spiro atoms. The first-order chi connectivity index (χ1) is 11.2. The van der Waals surface area contributed by atoms with Crippen molar-refractivity contribution in [2.75, 3.05) is 18.9 Å². The van der Waals surface area contributed by atoms with Crippen molar-refractivity contribution in [2.45, 2.75) is 40.2 Å². The average molecular weight is 318 g/mol. The molecule has 1 aromatic heterocycles. The number of anilines is 1. The number of benzene rings is 1. The summed E-state index contributed by atoms with van der Waals surface area (Å²) in [4.78, 5) is 8.81. The van der Waals surface area contributed by atoms with Crippen LogP contribution in [0.5, 0.6) is 0 Å². The Kier molecular flexibility index (Phi) is 12.3. The van der Waals surface area contributed by atoms with Crippen molar-refractivity contribution in [3.63, 3.8) is 0 Å². The van der Waals surface area contributed by atoms with E-state index in [1.54, 1.807) is 0 Å². The Balaban J connectivity index is 0.000000704. The van der Waals surface area contributed by atoms with E-state index in [1.807, 2.05) is 30.1 Å². The quantitative estimate of drug-likeness (QED) is 0.827. The number of aldehydes is 1. The van der Waals surface area contributed by atoms with Gasteiger partial charge in [-0.15, -0.1) is 0 Å². The standard InChI is InChI=1S/C13H18N4.C3H8.C2H4O/c1-15-13-5-2-4-11(8-13)12-9-16-17(10-12)7-3-6-14;1-3-2;1-2-3/h2,4-5,8-10,15H,3,6-7,14H2,1H3;3H2,1-2H3;2H,1H3. The fourth-order valence-corrected chi connectivity index (χ4v) is 1.74. The molecule has 2 aromatic rings. The summed E-state index contributed by atoms with van der Waals surface area (Å²) in [6.45, 7) is 7.27. The van der Waals surface area contributed by atoms with Crippen LogP contribution in [0.25, 0.3) is 11.1 Å². The van der Waals surface area contributed by atoms with Gasteiger partial charge in [0, 0.05) is 31.0 Å². The van der Waals surface area contributed by atoms with E-state index in [1.165, 1.54) is 18.9 Å². The van der Waals surface area contributed by atoms with Gasteiger partial charge in [-0.3, -0.25) is 4.68 Å². The van der Waals surface area contributed by atoms with E-state index in [0.29, 0.717) is 6.54 Å². The average Bonchev–Trinajstić information content (AvgIpc) is 3.03. The Morgan fingerprint density at radius 1 is 1.30 bits per heavy atom. The number of hydrogen-bond acceptors (Lipinski definition) is 4. The summed E-state index contributed by atoms with van der Waals surface area (Å²) in [6.07, 6.45) is 6.91. The maximum atomic E-state index is 8.81. The van der Waals surface area contributed by atoms with Crippen molar-refractivity contribution < 1.29 is 4.79 Å². The second-order valence-electron chi connectivity index (χ2n) is 4.91. The van der Waals surface area contributed by atoms with Crippen LogP contribution in [0, 0.1) is 0 Å². The first-order valence-corrected chi connectivity index (χ1v) is 8.07. The Morgan fingerprint density at radius 3 is 2.52 bits per heavy atom. The summed E-state index contributed by atoms with van der Waals surface area (Å²) < 4.78 is 1.94. The fraction of sp³-hybridized carbons (Fsp3) is 0.444. The second-order valence-corrected chi connectivity index (χ2v) is 4.91. The zero-order chi connectivity index (χ0) is 17.5. The summed E-state index contributed by atoms with van der Waals surface area (Å²) in [5, 5.41) is 7.46. The van der Waals surface area contributed by atoms with Crippen molar-refractivity contribution in [3.8, 4) is 11.1 Å². The minimum Gasteiger partial charge on any atom is -0.388 e. The minimum absolute atomic E-state index is 0.699. The lowest BCUT2D eigenvalue weighted by atomic mass is 10.1. The molecule has 128 valence electrons. The molecular formula is C18H30N4O. The maximum absolute atomic E-state index is 8.81. The van der Waals surface area contributed by atoms with Crippen molar-refractivity contribution in [1.82, 2.24) is 9.78 Å². The molecule has 5 heteroatoms. The molecule has 0 saturated heterocycles. The summed E-state index contributed by atoms with van der Waals surface area (Å²) in [7, 11) is 1.92. The lowest BCUT2D eigenvalue weighted by Gasteiger charge is -2.02. The van der Waals surface area contributed by atoms with Gasteiger partial charge in [-0.1, -0.05) is 32.4 Å². The molecule has 0 saturated carbocycles. The number of nitrogens with zero attached hydrogens (tertiary/aromatic N) is 2. The van der Waals surface area contributed by atoms with Gasteiger partial charge in [0.25, 0.3) is 0 Å². The van der Waals surface area contributed by atoms with Crippen molar-refractivity contribution in [2.24, 2.45) is 5.73 Å². The summed E-state index contributed by atoms with van der Waals surface area (Å²) in [5.74, 6) is 0. The van der Waals surface area contributed by atoms with Crippen LogP contribution in [0.2, 0.25) is 0 Å². The van der Waals surface area contributed by atoms with Crippen molar-refractivity contribution >= 4 is 12.0 Å². The van der Waals surface area contributed by atoms with Gasteiger partial charge in [0.1, 0.15) is 6.29 Å². The van der Waals surface area contributed by atoms with Gasteiger partial charge in [-0.2, -0.15) is 5.10 Å². The van der Waals surface area contributed by atoms with Crippen LogP contribution >= 0.6 is 0 Å². The zero-order valence-electron chi connectivity index (χ0n) is 14.7. The molecule has 0 aliphatic carbocycles. The number of hydrogen-bond donors (Lipinski definition) is 2. The molecule has 0 unspecified atom stereocenters. The normalized spacial score (nSPS) is 9.09. The Labute approximate surface area is 139 Å². The summed E-state index contributed by atoms with van der Waals surface area (Å²) in [5.41, 5.74) is 8.91. The largest absolute Gasteiger partial charge is 0.388 e. The number of carbonyl (C=O) groups excluding carboxylic acids is 1. The molecule has 5 nitrogen and oxygen atoms in total. The van der Waals surface area contributed by atoms with Crippen LogP contribution in [-0.4, -0.2) is 29.7 Å². The van der Waals surface area contributed by atoms with Crippen LogP contribution in [0.1, 0.15) is 33.6 Å². The molecule has 3 N–H and O–H groups in total. The third-order valence-electron chi connectivity index (χ3n) is 2.71. The van der Waals surface area contributed by atoms with Crippen molar-refractivity contribution in [1.29, 1.82) is 0 Å². The monoisotopic (exact) mass is 318 g/mol. The number of rotatable bonds is 5. The van der Waals surface area contributed by atoms with Crippen LogP contribution < -0.4 is 11.1 Å². The summed E-state index contributed by atoms with van der Waals surface area (Å²) in [6, 6.07) is 8.29. The van der Waals surface area contributed by atoms with E-state index >= 15 is 0 Å². The van der Waals surface area contributed by atoms with Gasteiger partial charge in [-0.05, 0) is 37.6 Å². The molecule has 2 rings (SSSR count). The first kappa shape index (κ1) is 20.9. The highest BCUT2D eigenvalue weighted by Gasteiger charge is 2.02. The Hall–Kier alpha value is -2.14. The van der Waals surface area contributed by atoms with Gasteiger partial charge in [-0.25, -0.2) is 0 Å². The lowest BCUT2D eigenvalue weighted by Crippen LogP contribution is -2.05. The Morgan fingerprint density at radius 2 is 1.96 bits per heavy atom. The molecular weight excluding hydrogens is 288 g/mol. The van der Waals surface area contributed by atoms with E-state index in [9.17, 15) is 0 Å². The van der Waals surface area contributed by atoms with Crippen LogP contribution in [0.4, 0.5) is 5.69 Å². The highest BCUT2D eigenvalue weighted by Crippen LogP contribution is 2.21. The third kappa shape index (κ3) is 8.78. The Bertz CT molecular complexity index is 537. The fourth-order valence-electron chi connectivity index (χ4n) is 1.74. The molecule has 0 amide bonds. The highest BCUT2D eigenvalue weighted by molar-refractivity contribution is 5.66. The van der Waals surface area contributed by atoms with E-state index in [4.69, 9.17) is 10.5 Å². The van der Waals surface area contributed by atoms with Crippen molar-refractivity contribution in [3.05, 3.63) is 36.7 Å². The molecule has 23 heavy (non-hydrogen) atoms. The number of aryl methyl sites for hydroxylation is 1. The maximum Gasteiger partial charge on any atom is 0.116 e. The lowest BCUT2D eigenvalue weighted by molar-refractivity contribution is -0.106. The van der Waals surface area contributed by atoms with Crippen LogP contribution in [-0.2, 0) is 11.3 Å². The predicted octanol–water partition coefficient (Wildman–Crippen LogP) is 3.56. The topological polar surface area (TPSA) is 72.9 Å². The zero-order valence-corrected chi connectivity index (χ0v) is 14.7. The number of carbonyl (C=O) groups is 1. The smallest absolute Gasteiger partial charge is 0.116 e. The van der Waals surface area contributed by atoms with Gasteiger partial charge >= 0.3 is 0 Å². The second kappa shape index (κ2) is 13.5.